The van der Waals surface area contributed by atoms with Gasteiger partial charge in [-0.25, -0.2) is 0 Å². The van der Waals surface area contributed by atoms with Crippen LogP contribution in [0.5, 0.6) is 0 Å². The molecule has 0 saturated heterocycles. The van der Waals surface area contributed by atoms with Crippen LogP contribution in [0, 0.1) is 34.0 Å². The molecule has 3 aliphatic carbocycles. The summed E-state index contributed by atoms with van der Waals surface area (Å²) >= 11 is 0. The minimum absolute atomic E-state index is 0.0468. The van der Waals surface area contributed by atoms with Gasteiger partial charge in [0.25, 0.3) is 0 Å². The minimum Gasteiger partial charge on any atom is -0.510 e. The summed E-state index contributed by atoms with van der Waals surface area (Å²) in [5.74, 6) is -1.87. The molecule has 4 heteroatoms. The normalized spacial score (nSPS) is 39.2. The molecule has 1 N–H and O–H groups in total. The summed E-state index contributed by atoms with van der Waals surface area (Å²) in [6.07, 6.45) is 0.810. The molecule has 4 nitrogen and oxygen atoms in total. The van der Waals surface area contributed by atoms with Gasteiger partial charge < -0.3 is 5.11 Å². The highest BCUT2D eigenvalue weighted by Gasteiger charge is 2.76. The van der Waals surface area contributed by atoms with E-state index in [0.717, 1.165) is 5.57 Å². The van der Waals surface area contributed by atoms with Crippen molar-refractivity contribution in [3.63, 3.8) is 0 Å². The van der Waals surface area contributed by atoms with Crippen LogP contribution in [-0.2, 0) is 14.4 Å². The first-order valence-electron chi connectivity index (χ1n) is 9.06. The van der Waals surface area contributed by atoms with Gasteiger partial charge in [-0.05, 0) is 43.9 Å². The first-order chi connectivity index (χ1) is 11.3. The number of aliphatic hydroxyl groups is 1. The molecule has 0 aliphatic heterocycles. The summed E-state index contributed by atoms with van der Waals surface area (Å²) in [5.41, 5.74) is -1.76. The molecule has 25 heavy (non-hydrogen) atoms. The second-order valence-corrected chi connectivity index (χ2v) is 9.39. The largest absolute Gasteiger partial charge is 0.510 e. The number of ketones is 3. The van der Waals surface area contributed by atoms with Gasteiger partial charge in [-0.1, -0.05) is 39.8 Å². The fourth-order valence-corrected chi connectivity index (χ4v) is 5.78. The van der Waals surface area contributed by atoms with Crippen LogP contribution in [0.25, 0.3) is 0 Å². The monoisotopic (exact) mass is 344 g/mol. The average molecular weight is 344 g/mol. The Balaban J connectivity index is 2.26. The van der Waals surface area contributed by atoms with Crippen molar-refractivity contribution >= 4 is 17.3 Å². The topological polar surface area (TPSA) is 71.4 Å². The summed E-state index contributed by atoms with van der Waals surface area (Å²) in [6.45, 7) is 15.3. The molecule has 0 heterocycles. The van der Waals surface area contributed by atoms with E-state index in [0.29, 0.717) is 12.8 Å². The molecule has 1 unspecified atom stereocenters. The summed E-state index contributed by atoms with van der Waals surface area (Å²) in [6, 6.07) is 0. The summed E-state index contributed by atoms with van der Waals surface area (Å²) in [4.78, 5) is 39.5. The van der Waals surface area contributed by atoms with Crippen molar-refractivity contribution in [2.45, 2.75) is 54.4 Å². The Morgan fingerprint density at radius 2 is 1.76 bits per heavy atom. The Hall–Kier alpha value is -1.71. The number of fused-ring (bicyclic) bond motifs is 1. The van der Waals surface area contributed by atoms with E-state index in [1.54, 1.807) is 20.8 Å². The molecule has 0 amide bonds. The fourth-order valence-electron chi connectivity index (χ4n) is 5.78. The van der Waals surface area contributed by atoms with E-state index < -0.39 is 22.5 Å². The van der Waals surface area contributed by atoms with Crippen molar-refractivity contribution in [1.29, 1.82) is 0 Å². The van der Waals surface area contributed by atoms with Gasteiger partial charge in [-0.2, -0.15) is 0 Å². The summed E-state index contributed by atoms with van der Waals surface area (Å²) in [7, 11) is 0. The molecule has 0 aromatic rings. The van der Waals surface area contributed by atoms with E-state index in [1.807, 2.05) is 6.92 Å². The van der Waals surface area contributed by atoms with Crippen LogP contribution in [0.15, 0.2) is 23.5 Å². The predicted molar refractivity (Wildman–Crippen MR) is 94.9 cm³/mol. The minimum atomic E-state index is -1.19. The number of carbonyl (C=O) groups is 3. The molecule has 4 atom stereocenters. The van der Waals surface area contributed by atoms with Crippen LogP contribution >= 0.6 is 0 Å². The highest BCUT2D eigenvalue weighted by molar-refractivity contribution is 6.32. The van der Waals surface area contributed by atoms with Gasteiger partial charge in [0.15, 0.2) is 17.3 Å². The van der Waals surface area contributed by atoms with Gasteiger partial charge in [0.2, 0.25) is 0 Å². The highest BCUT2D eigenvalue weighted by atomic mass is 16.3. The molecule has 3 aliphatic rings. The molecule has 2 bridgehead atoms. The van der Waals surface area contributed by atoms with Crippen LogP contribution < -0.4 is 0 Å². The average Bonchev–Trinajstić information content (AvgIpc) is 2.85. The molecule has 136 valence electrons. The molecular weight excluding hydrogens is 316 g/mol. The fraction of sp³-hybridized carbons (Fsp3) is 0.667. The lowest BCUT2D eigenvalue weighted by atomic mass is 9.64. The maximum Gasteiger partial charge on any atom is 0.183 e. The Morgan fingerprint density at radius 3 is 2.24 bits per heavy atom. The van der Waals surface area contributed by atoms with Crippen molar-refractivity contribution in [3.8, 4) is 0 Å². The van der Waals surface area contributed by atoms with Crippen molar-refractivity contribution in [2.24, 2.45) is 34.0 Å². The Labute approximate surface area is 149 Å². The Morgan fingerprint density at radius 1 is 1.20 bits per heavy atom. The lowest BCUT2D eigenvalue weighted by molar-refractivity contribution is -0.144. The van der Waals surface area contributed by atoms with Crippen LogP contribution in [0.2, 0.25) is 0 Å². The number of aliphatic hydroxyl groups excluding tert-OH is 1. The third-order valence-corrected chi connectivity index (χ3v) is 7.19. The van der Waals surface area contributed by atoms with E-state index >= 15 is 0 Å². The number of carbonyl (C=O) groups excluding carboxylic acids is 3. The van der Waals surface area contributed by atoms with E-state index in [4.69, 9.17) is 0 Å². The lowest BCUT2D eigenvalue weighted by Crippen LogP contribution is -2.49. The molecule has 2 fully saturated rings. The smallest absolute Gasteiger partial charge is 0.183 e. The van der Waals surface area contributed by atoms with E-state index in [2.05, 4.69) is 20.4 Å². The van der Waals surface area contributed by atoms with Gasteiger partial charge in [0.1, 0.15) is 11.3 Å². The van der Waals surface area contributed by atoms with Gasteiger partial charge in [-0.3, -0.25) is 14.4 Å². The number of hydrogen-bond donors (Lipinski definition) is 1. The molecular formula is C21H28O4. The third-order valence-electron chi connectivity index (χ3n) is 7.19. The van der Waals surface area contributed by atoms with Crippen LogP contribution in [-0.4, -0.2) is 22.5 Å². The van der Waals surface area contributed by atoms with Crippen LogP contribution in [0.3, 0.4) is 0 Å². The third kappa shape index (κ3) is 1.86. The Kier molecular flexibility index (Phi) is 3.56. The number of hydrogen-bond acceptors (Lipinski definition) is 4. The zero-order chi connectivity index (χ0) is 19.1. The van der Waals surface area contributed by atoms with Gasteiger partial charge in [0, 0.05) is 5.92 Å². The molecule has 0 radical (unpaired) electrons. The van der Waals surface area contributed by atoms with Gasteiger partial charge in [-0.15, -0.1) is 0 Å². The van der Waals surface area contributed by atoms with Crippen LogP contribution in [0.1, 0.15) is 54.4 Å². The maximum absolute atomic E-state index is 13.5. The molecule has 0 aromatic heterocycles. The summed E-state index contributed by atoms with van der Waals surface area (Å²) < 4.78 is 0. The van der Waals surface area contributed by atoms with Crippen LogP contribution in [0.4, 0.5) is 0 Å². The van der Waals surface area contributed by atoms with Crippen molar-refractivity contribution in [2.75, 3.05) is 0 Å². The number of Topliss-reactive ketones (excluding diaryl/α,β-unsaturated/α-hetero) is 3. The first-order valence-corrected chi connectivity index (χ1v) is 9.06. The second-order valence-electron chi connectivity index (χ2n) is 9.39. The first kappa shape index (κ1) is 18.1. The SMILES string of the molecule is C=C(C)[C@@H]1CC23C(=O)C(C(=O)C(C)C)=C(O)[C@](C)(C[C@H]2C1(C)C)C3=O. The standard InChI is InChI=1S/C21H28O4/c1-10(2)12-8-21-13(19(12,5)6)9-20(7,18(21)25)16(23)14(17(21)24)15(22)11(3)4/h11-13,23H,1,8-9H2,2-7H3/t12-,13-,20-,21?/m0/s1. The lowest BCUT2D eigenvalue weighted by Gasteiger charge is -2.35. The highest BCUT2D eigenvalue weighted by Crippen LogP contribution is 2.71. The predicted octanol–water partition coefficient (Wildman–Crippen LogP) is 3.81. The zero-order valence-electron chi connectivity index (χ0n) is 16.0. The van der Waals surface area contributed by atoms with Crippen molar-refractivity contribution < 1.29 is 19.5 Å². The summed E-state index contributed by atoms with van der Waals surface area (Å²) in [5, 5.41) is 10.8. The van der Waals surface area contributed by atoms with Crippen molar-refractivity contribution in [1.82, 2.24) is 0 Å². The van der Waals surface area contributed by atoms with E-state index in [1.165, 1.54) is 0 Å². The molecule has 3 rings (SSSR count). The molecule has 2 saturated carbocycles. The van der Waals surface area contributed by atoms with E-state index in [-0.39, 0.29) is 40.1 Å². The molecule has 0 aromatic carbocycles. The Bertz CT molecular complexity index is 754. The van der Waals surface area contributed by atoms with Gasteiger partial charge in [0.05, 0.1) is 10.8 Å². The maximum atomic E-state index is 13.5. The van der Waals surface area contributed by atoms with Gasteiger partial charge >= 0.3 is 0 Å². The van der Waals surface area contributed by atoms with Crippen molar-refractivity contribution in [3.05, 3.63) is 23.5 Å². The van der Waals surface area contributed by atoms with E-state index in [9.17, 15) is 19.5 Å². The molecule has 1 spiro atoms. The number of allylic oxidation sites excluding steroid dienone is 3. The zero-order valence-corrected chi connectivity index (χ0v) is 16.0. The quantitative estimate of drug-likeness (QED) is 0.480. The second kappa shape index (κ2) is 4.93. The number of rotatable bonds is 3.